The standard InChI is InChI=1S/C40H64N2O/c1-3-5-7-8-9-10-11-13-15-34-16-18-35(19-17-34)22-25-37-30-41-40(42-31-37)38-26-28-39(29-27-38)43-32-36-23-20-33(21-24-36)14-12-6-4-2/h26-31,33-36H,3-25,32H2,1-2H3/t33-,34-,35-,36-. The smallest absolute Gasteiger partial charge is 0.159 e. The van der Waals surface area contributed by atoms with E-state index < -0.39 is 0 Å². The van der Waals surface area contributed by atoms with Crippen molar-refractivity contribution < 1.29 is 4.74 Å². The zero-order chi connectivity index (χ0) is 30.0. The first-order valence-electron chi connectivity index (χ1n) is 18.8. The molecule has 2 aromatic rings. The van der Waals surface area contributed by atoms with Gasteiger partial charge in [0, 0.05) is 18.0 Å². The summed E-state index contributed by atoms with van der Waals surface area (Å²) < 4.78 is 6.19. The molecule has 0 bridgehead atoms. The monoisotopic (exact) mass is 589 g/mol. The lowest BCUT2D eigenvalue weighted by molar-refractivity contribution is 0.177. The molecule has 4 rings (SSSR count). The topological polar surface area (TPSA) is 35.0 Å². The van der Waals surface area contributed by atoms with Gasteiger partial charge in [0.1, 0.15) is 5.75 Å². The Morgan fingerprint density at radius 2 is 1.02 bits per heavy atom. The molecule has 0 saturated heterocycles. The van der Waals surface area contributed by atoms with E-state index in [1.807, 2.05) is 0 Å². The van der Waals surface area contributed by atoms with Crippen molar-refractivity contribution in [3.8, 4) is 17.1 Å². The average molecular weight is 589 g/mol. The molecule has 1 aromatic carbocycles. The molecule has 0 unspecified atom stereocenters. The molecule has 0 spiro atoms. The van der Waals surface area contributed by atoms with Gasteiger partial charge in [-0.3, -0.25) is 0 Å². The zero-order valence-corrected chi connectivity index (χ0v) is 28.0. The molecule has 2 saturated carbocycles. The summed E-state index contributed by atoms with van der Waals surface area (Å²) in [6.45, 7) is 5.46. The first-order valence-corrected chi connectivity index (χ1v) is 18.8. The van der Waals surface area contributed by atoms with Crippen LogP contribution in [0.3, 0.4) is 0 Å². The molecule has 0 N–H and O–H groups in total. The summed E-state index contributed by atoms with van der Waals surface area (Å²) in [4.78, 5) is 9.45. The first kappa shape index (κ1) is 34.0. The van der Waals surface area contributed by atoms with Crippen molar-refractivity contribution in [1.29, 1.82) is 0 Å². The van der Waals surface area contributed by atoms with Crippen LogP contribution in [0.5, 0.6) is 5.75 Å². The predicted molar refractivity (Wildman–Crippen MR) is 184 cm³/mol. The van der Waals surface area contributed by atoms with Crippen LogP contribution in [0.25, 0.3) is 11.4 Å². The molecule has 0 amide bonds. The normalized spacial score (nSPS) is 22.5. The van der Waals surface area contributed by atoms with E-state index in [4.69, 9.17) is 14.7 Å². The summed E-state index contributed by atoms with van der Waals surface area (Å²) in [5.41, 5.74) is 2.35. The number of ether oxygens (including phenoxy) is 1. The second-order valence-corrected chi connectivity index (χ2v) is 14.3. The summed E-state index contributed by atoms with van der Waals surface area (Å²) in [5, 5.41) is 0. The van der Waals surface area contributed by atoms with Crippen LogP contribution >= 0.6 is 0 Å². The molecule has 0 radical (unpaired) electrons. The molecular formula is C40H64N2O. The van der Waals surface area contributed by atoms with E-state index in [2.05, 4.69) is 50.5 Å². The van der Waals surface area contributed by atoms with Crippen molar-refractivity contribution in [1.82, 2.24) is 9.97 Å². The van der Waals surface area contributed by atoms with Crippen molar-refractivity contribution in [2.75, 3.05) is 6.61 Å². The van der Waals surface area contributed by atoms with Crippen LogP contribution < -0.4 is 4.74 Å². The van der Waals surface area contributed by atoms with Crippen LogP contribution in [0.15, 0.2) is 36.7 Å². The Morgan fingerprint density at radius 1 is 0.558 bits per heavy atom. The molecule has 0 atom stereocenters. The van der Waals surface area contributed by atoms with Crippen molar-refractivity contribution in [2.45, 2.75) is 162 Å². The van der Waals surface area contributed by atoms with E-state index >= 15 is 0 Å². The van der Waals surface area contributed by atoms with Gasteiger partial charge < -0.3 is 4.74 Å². The van der Waals surface area contributed by atoms with Crippen molar-refractivity contribution in [2.24, 2.45) is 23.7 Å². The molecule has 1 heterocycles. The highest BCUT2D eigenvalue weighted by Gasteiger charge is 2.22. The van der Waals surface area contributed by atoms with Gasteiger partial charge in [0.15, 0.2) is 5.82 Å². The highest BCUT2D eigenvalue weighted by Crippen LogP contribution is 2.35. The molecule has 43 heavy (non-hydrogen) atoms. The molecule has 2 aliphatic rings. The molecule has 2 fully saturated rings. The SMILES string of the molecule is CCCCCCCCCC[C@H]1CC[C@H](CCc2cnc(-c3ccc(OC[C@H]4CC[C@H](CCCCC)CC4)cc3)nc2)CC1. The predicted octanol–water partition coefficient (Wildman–Crippen LogP) is 12.2. The number of hydrogen-bond donors (Lipinski definition) is 0. The van der Waals surface area contributed by atoms with Gasteiger partial charge in [0.2, 0.25) is 0 Å². The number of benzene rings is 1. The van der Waals surface area contributed by atoms with Gasteiger partial charge >= 0.3 is 0 Å². The van der Waals surface area contributed by atoms with Crippen LogP contribution in [0.4, 0.5) is 0 Å². The lowest BCUT2D eigenvalue weighted by Gasteiger charge is -2.28. The highest BCUT2D eigenvalue weighted by molar-refractivity contribution is 5.55. The van der Waals surface area contributed by atoms with E-state index in [0.29, 0.717) is 5.92 Å². The number of aromatic nitrogens is 2. The lowest BCUT2D eigenvalue weighted by Crippen LogP contribution is -2.20. The van der Waals surface area contributed by atoms with Crippen LogP contribution in [0.1, 0.15) is 161 Å². The molecule has 3 heteroatoms. The minimum atomic E-state index is 0.715. The van der Waals surface area contributed by atoms with E-state index in [1.165, 1.54) is 147 Å². The van der Waals surface area contributed by atoms with E-state index in [-0.39, 0.29) is 0 Å². The van der Waals surface area contributed by atoms with Crippen molar-refractivity contribution >= 4 is 0 Å². The Morgan fingerprint density at radius 3 is 1.60 bits per heavy atom. The Balaban J connectivity index is 1.07. The third kappa shape index (κ3) is 12.9. The van der Waals surface area contributed by atoms with Crippen LogP contribution in [-0.2, 0) is 6.42 Å². The van der Waals surface area contributed by atoms with Crippen LogP contribution in [-0.4, -0.2) is 16.6 Å². The number of hydrogen-bond acceptors (Lipinski definition) is 3. The largest absolute Gasteiger partial charge is 0.493 e. The Hall–Kier alpha value is -1.90. The summed E-state index contributed by atoms with van der Waals surface area (Å²) in [5.74, 6) is 5.35. The van der Waals surface area contributed by atoms with E-state index in [9.17, 15) is 0 Å². The van der Waals surface area contributed by atoms with Crippen molar-refractivity contribution in [3.05, 3.63) is 42.2 Å². The van der Waals surface area contributed by atoms with E-state index in [1.54, 1.807) is 0 Å². The highest BCUT2D eigenvalue weighted by atomic mass is 16.5. The summed E-state index contributed by atoms with van der Waals surface area (Å²) >= 11 is 0. The molecule has 240 valence electrons. The fourth-order valence-corrected chi connectivity index (χ4v) is 7.66. The minimum absolute atomic E-state index is 0.715. The third-order valence-corrected chi connectivity index (χ3v) is 10.8. The molecule has 0 aliphatic heterocycles. The fourth-order valence-electron chi connectivity index (χ4n) is 7.66. The Bertz CT molecular complexity index is 955. The second-order valence-electron chi connectivity index (χ2n) is 14.3. The summed E-state index contributed by atoms with van der Waals surface area (Å²) in [7, 11) is 0. The third-order valence-electron chi connectivity index (χ3n) is 10.8. The maximum Gasteiger partial charge on any atom is 0.159 e. The Labute approximate surface area is 265 Å². The second kappa shape index (κ2) is 20.2. The van der Waals surface area contributed by atoms with Crippen molar-refractivity contribution in [3.63, 3.8) is 0 Å². The molecule has 1 aromatic heterocycles. The number of rotatable bonds is 20. The number of aryl methyl sites for hydroxylation is 1. The van der Waals surface area contributed by atoms with Gasteiger partial charge in [-0.25, -0.2) is 9.97 Å². The van der Waals surface area contributed by atoms with Gasteiger partial charge in [0.25, 0.3) is 0 Å². The fraction of sp³-hybridized carbons (Fsp3) is 0.750. The van der Waals surface area contributed by atoms with Gasteiger partial charge in [-0.15, -0.1) is 0 Å². The zero-order valence-electron chi connectivity index (χ0n) is 28.0. The van der Waals surface area contributed by atoms with Gasteiger partial charge in [0.05, 0.1) is 6.61 Å². The number of nitrogens with zero attached hydrogens (tertiary/aromatic N) is 2. The first-order chi connectivity index (χ1) is 21.2. The minimum Gasteiger partial charge on any atom is -0.493 e. The quantitative estimate of drug-likeness (QED) is 0.144. The maximum atomic E-state index is 6.19. The summed E-state index contributed by atoms with van der Waals surface area (Å²) in [6.07, 6.45) is 36.3. The maximum absolute atomic E-state index is 6.19. The molecular weight excluding hydrogens is 524 g/mol. The lowest BCUT2D eigenvalue weighted by atomic mass is 9.78. The van der Waals surface area contributed by atoms with Gasteiger partial charge in [-0.1, -0.05) is 136 Å². The van der Waals surface area contributed by atoms with Gasteiger partial charge in [-0.05, 0) is 79.2 Å². The average Bonchev–Trinajstić information content (AvgIpc) is 3.06. The van der Waals surface area contributed by atoms with Crippen LogP contribution in [0.2, 0.25) is 0 Å². The Kier molecular flexibility index (Phi) is 16.0. The summed E-state index contributed by atoms with van der Waals surface area (Å²) in [6, 6.07) is 8.41. The molecule has 2 aliphatic carbocycles. The molecule has 3 nitrogen and oxygen atoms in total. The van der Waals surface area contributed by atoms with Crippen LogP contribution in [0, 0.1) is 23.7 Å². The van der Waals surface area contributed by atoms with E-state index in [0.717, 1.165) is 47.9 Å². The van der Waals surface area contributed by atoms with Gasteiger partial charge in [-0.2, -0.15) is 0 Å². The number of unbranched alkanes of at least 4 members (excludes halogenated alkanes) is 9.